The van der Waals surface area contributed by atoms with Gasteiger partial charge in [-0.05, 0) is 87.9 Å². The summed E-state index contributed by atoms with van der Waals surface area (Å²) in [4.78, 5) is 16.2. The monoisotopic (exact) mass is 488 g/mol. The molecule has 8 nitrogen and oxygen atoms in total. The number of nitrogens with one attached hydrogen (secondary N) is 2. The first kappa shape index (κ1) is 24.3. The van der Waals surface area contributed by atoms with Gasteiger partial charge in [0.1, 0.15) is 5.82 Å². The first-order valence-electron chi connectivity index (χ1n) is 13.1. The molecule has 0 saturated carbocycles. The average molecular weight is 489 g/mol. The summed E-state index contributed by atoms with van der Waals surface area (Å²) in [6.45, 7) is 4.19. The first-order valence-corrected chi connectivity index (χ1v) is 13.1. The Labute approximate surface area is 213 Å². The zero-order valence-electron chi connectivity index (χ0n) is 21.1. The van der Waals surface area contributed by atoms with Crippen LogP contribution in [0.3, 0.4) is 0 Å². The van der Waals surface area contributed by atoms with Gasteiger partial charge in [-0.3, -0.25) is 4.98 Å². The van der Waals surface area contributed by atoms with E-state index in [1.54, 1.807) is 13.3 Å². The fourth-order valence-corrected chi connectivity index (χ4v) is 4.94. The van der Waals surface area contributed by atoms with Crippen molar-refractivity contribution in [3.05, 3.63) is 54.0 Å². The number of nitrogens with zero attached hydrogens (tertiary/aromatic N) is 4. The number of hydrogen-bond donors (Lipinski definition) is 2. The molecule has 0 unspecified atom stereocenters. The molecule has 8 heteroatoms. The van der Waals surface area contributed by atoms with Crippen LogP contribution in [0.2, 0.25) is 0 Å². The third kappa shape index (κ3) is 6.43. The van der Waals surface area contributed by atoms with Crippen molar-refractivity contribution in [2.75, 3.05) is 44.0 Å². The Morgan fingerprint density at radius 1 is 0.889 bits per heavy atom. The van der Waals surface area contributed by atoms with E-state index in [-0.39, 0.29) is 0 Å². The van der Waals surface area contributed by atoms with E-state index < -0.39 is 0 Å². The Kier molecular flexibility index (Phi) is 8.13. The molecule has 0 radical (unpaired) electrons. The van der Waals surface area contributed by atoms with Crippen molar-refractivity contribution in [2.24, 2.45) is 0 Å². The standard InChI is InChI=1S/C28H36N6O2/c1-35-26-19-22(10-11-25(26)36-17-7-16-34-14-5-2-6-15-34)32-28-29-13-12-27(33-28)31-23-18-21-8-3-4-9-24(21)30-20-23/h10-13,18-20H,2-9,14-17H2,1H3,(H2,29,31,32,33). The van der Waals surface area contributed by atoms with Gasteiger partial charge in [0.15, 0.2) is 11.5 Å². The number of likely N-dealkylation sites (tertiary alicyclic amines) is 1. The number of anilines is 4. The highest BCUT2D eigenvalue weighted by Gasteiger charge is 2.13. The summed E-state index contributed by atoms with van der Waals surface area (Å²) in [6.07, 6.45) is 13.2. The van der Waals surface area contributed by atoms with Crippen LogP contribution < -0.4 is 20.1 Å². The molecule has 0 spiro atoms. The maximum absolute atomic E-state index is 6.02. The van der Waals surface area contributed by atoms with Crippen LogP contribution in [0.15, 0.2) is 42.7 Å². The molecule has 1 saturated heterocycles. The van der Waals surface area contributed by atoms with Gasteiger partial charge in [-0.15, -0.1) is 0 Å². The maximum Gasteiger partial charge on any atom is 0.229 e. The minimum absolute atomic E-state index is 0.503. The molecule has 2 N–H and O–H groups in total. The van der Waals surface area contributed by atoms with Gasteiger partial charge >= 0.3 is 0 Å². The molecule has 0 bridgehead atoms. The van der Waals surface area contributed by atoms with Gasteiger partial charge in [-0.25, -0.2) is 4.98 Å². The summed E-state index contributed by atoms with van der Waals surface area (Å²) < 4.78 is 11.6. The molecule has 2 aliphatic rings. The lowest BCUT2D eigenvalue weighted by molar-refractivity contribution is 0.203. The van der Waals surface area contributed by atoms with E-state index in [1.165, 1.54) is 56.5 Å². The van der Waals surface area contributed by atoms with Gasteiger partial charge in [-0.1, -0.05) is 6.42 Å². The second-order valence-corrected chi connectivity index (χ2v) is 9.52. The lowest BCUT2D eigenvalue weighted by Gasteiger charge is -2.26. The molecule has 0 amide bonds. The van der Waals surface area contributed by atoms with E-state index in [2.05, 4.69) is 36.6 Å². The number of aryl methyl sites for hydroxylation is 2. The van der Waals surface area contributed by atoms with Crippen LogP contribution in [0.4, 0.5) is 23.1 Å². The Balaban J connectivity index is 1.17. The number of benzene rings is 1. The van der Waals surface area contributed by atoms with Crippen LogP contribution in [0.5, 0.6) is 11.5 Å². The lowest BCUT2D eigenvalue weighted by atomic mass is 9.96. The highest BCUT2D eigenvalue weighted by molar-refractivity contribution is 5.62. The van der Waals surface area contributed by atoms with Crippen LogP contribution in [-0.2, 0) is 12.8 Å². The molecule has 1 aliphatic heterocycles. The Hall–Kier alpha value is -3.39. The van der Waals surface area contributed by atoms with Crippen molar-refractivity contribution < 1.29 is 9.47 Å². The van der Waals surface area contributed by atoms with Gasteiger partial charge in [0.25, 0.3) is 0 Å². The number of aromatic nitrogens is 3. The number of hydrogen-bond acceptors (Lipinski definition) is 8. The predicted molar refractivity (Wildman–Crippen MR) is 143 cm³/mol. The van der Waals surface area contributed by atoms with Crippen molar-refractivity contribution in [3.8, 4) is 11.5 Å². The van der Waals surface area contributed by atoms with Gasteiger partial charge in [0.2, 0.25) is 5.95 Å². The smallest absolute Gasteiger partial charge is 0.229 e. The van der Waals surface area contributed by atoms with E-state index in [0.717, 1.165) is 42.9 Å². The summed E-state index contributed by atoms with van der Waals surface area (Å²) in [5, 5.41) is 6.63. The number of pyridine rings is 1. The summed E-state index contributed by atoms with van der Waals surface area (Å²) >= 11 is 0. The van der Waals surface area contributed by atoms with E-state index in [4.69, 9.17) is 9.47 Å². The SMILES string of the molecule is COc1cc(Nc2nccc(Nc3cnc4c(c3)CCCC4)n2)ccc1OCCCN1CCCCC1. The first-order chi connectivity index (χ1) is 17.8. The molecule has 5 rings (SSSR count). The topological polar surface area (TPSA) is 84.4 Å². The molecule has 1 aromatic carbocycles. The molecule has 3 heterocycles. The van der Waals surface area contributed by atoms with E-state index >= 15 is 0 Å². The molecule has 0 atom stereocenters. The molecule has 3 aromatic rings. The Morgan fingerprint density at radius 2 is 1.78 bits per heavy atom. The third-order valence-electron chi connectivity index (χ3n) is 6.84. The number of fused-ring (bicyclic) bond motifs is 1. The van der Waals surface area contributed by atoms with Crippen LogP contribution in [0, 0.1) is 0 Å². The largest absolute Gasteiger partial charge is 0.493 e. The van der Waals surface area contributed by atoms with Crippen molar-refractivity contribution in [3.63, 3.8) is 0 Å². The van der Waals surface area contributed by atoms with Crippen LogP contribution >= 0.6 is 0 Å². The van der Waals surface area contributed by atoms with Crippen molar-refractivity contribution in [1.29, 1.82) is 0 Å². The highest BCUT2D eigenvalue weighted by atomic mass is 16.5. The minimum atomic E-state index is 0.503. The molecule has 1 aliphatic carbocycles. The van der Waals surface area contributed by atoms with E-state index in [1.807, 2.05) is 30.5 Å². The highest BCUT2D eigenvalue weighted by Crippen LogP contribution is 2.31. The quantitative estimate of drug-likeness (QED) is 0.362. The van der Waals surface area contributed by atoms with Gasteiger partial charge < -0.3 is 25.0 Å². The molecular weight excluding hydrogens is 452 g/mol. The zero-order chi connectivity index (χ0) is 24.6. The fourth-order valence-electron chi connectivity index (χ4n) is 4.94. The molecule has 2 aromatic heterocycles. The zero-order valence-corrected chi connectivity index (χ0v) is 21.1. The maximum atomic E-state index is 6.02. The molecule has 1 fully saturated rings. The summed E-state index contributed by atoms with van der Waals surface area (Å²) in [5.74, 6) is 2.65. The second kappa shape index (κ2) is 12.0. The predicted octanol–water partition coefficient (Wildman–Crippen LogP) is 5.50. The van der Waals surface area contributed by atoms with Crippen molar-refractivity contribution >= 4 is 23.1 Å². The lowest BCUT2D eigenvalue weighted by Crippen LogP contribution is -2.31. The Morgan fingerprint density at radius 3 is 2.67 bits per heavy atom. The molecular formula is C28H36N6O2. The summed E-state index contributed by atoms with van der Waals surface area (Å²) in [5.41, 5.74) is 4.34. The van der Waals surface area contributed by atoms with Gasteiger partial charge in [0, 0.05) is 30.2 Å². The van der Waals surface area contributed by atoms with E-state index in [9.17, 15) is 0 Å². The number of methoxy groups -OCH3 is 1. The van der Waals surface area contributed by atoms with Crippen molar-refractivity contribution in [1.82, 2.24) is 19.9 Å². The van der Waals surface area contributed by atoms with Gasteiger partial charge in [0.05, 0.1) is 25.6 Å². The van der Waals surface area contributed by atoms with Crippen molar-refractivity contribution in [2.45, 2.75) is 51.4 Å². The van der Waals surface area contributed by atoms with E-state index in [0.29, 0.717) is 24.1 Å². The molecule has 190 valence electrons. The Bertz CT molecular complexity index is 1150. The van der Waals surface area contributed by atoms with Gasteiger partial charge in [-0.2, -0.15) is 4.98 Å². The number of rotatable bonds is 10. The third-order valence-corrected chi connectivity index (χ3v) is 6.84. The number of ether oxygens (including phenoxy) is 2. The summed E-state index contributed by atoms with van der Waals surface area (Å²) in [6, 6.07) is 9.85. The normalized spacial score (nSPS) is 15.7. The summed E-state index contributed by atoms with van der Waals surface area (Å²) in [7, 11) is 1.66. The van der Waals surface area contributed by atoms with Crippen LogP contribution in [0.25, 0.3) is 0 Å². The fraction of sp³-hybridized carbons (Fsp3) is 0.464. The average Bonchev–Trinajstić information content (AvgIpc) is 2.92. The second-order valence-electron chi connectivity index (χ2n) is 9.52. The van der Waals surface area contributed by atoms with Crippen LogP contribution in [-0.4, -0.2) is 53.2 Å². The molecule has 36 heavy (non-hydrogen) atoms. The van der Waals surface area contributed by atoms with Crippen LogP contribution in [0.1, 0.15) is 49.8 Å². The number of piperidine rings is 1. The minimum Gasteiger partial charge on any atom is -0.493 e.